The Bertz CT molecular complexity index is 854. The first kappa shape index (κ1) is 19.6. The molecule has 1 N–H and O–H groups in total. The molecule has 0 fully saturated rings. The number of hydrogen-bond acceptors (Lipinski definition) is 3. The third-order valence-electron chi connectivity index (χ3n) is 3.05. The Morgan fingerprint density at radius 2 is 1.77 bits per heavy atom. The van der Waals surface area contributed by atoms with Crippen LogP contribution in [0.3, 0.4) is 0 Å². The molecular formula is C16H9ClF5NO3. The smallest absolute Gasteiger partial charge is 0.416 e. The SMILES string of the molecule is O=C(COC(=O)c1ccc(F)cc1F)Nc1cc(C(F)(F)F)ccc1Cl. The molecule has 26 heavy (non-hydrogen) atoms. The van der Waals surface area contributed by atoms with Gasteiger partial charge in [0, 0.05) is 6.07 Å². The Morgan fingerprint density at radius 1 is 1.08 bits per heavy atom. The second kappa shape index (κ2) is 7.69. The van der Waals surface area contributed by atoms with Gasteiger partial charge in [0.25, 0.3) is 5.91 Å². The van der Waals surface area contributed by atoms with Crippen LogP contribution in [0.1, 0.15) is 15.9 Å². The van der Waals surface area contributed by atoms with Crippen molar-refractivity contribution >= 4 is 29.2 Å². The fourth-order valence-corrected chi connectivity index (χ4v) is 2.01. The highest BCUT2D eigenvalue weighted by Gasteiger charge is 2.31. The maximum Gasteiger partial charge on any atom is 0.416 e. The summed E-state index contributed by atoms with van der Waals surface area (Å²) in [6, 6.07) is 4.40. The predicted molar refractivity (Wildman–Crippen MR) is 81.7 cm³/mol. The first-order valence-corrected chi connectivity index (χ1v) is 7.24. The summed E-state index contributed by atoms with van der Waals surface area (Å²) in [4.78, 5) is 23.4. The molecule has 0 aliphatic rings. The monoisotopic (exact) mass is 393 g/mol. The molecule has 0 aliphatic heterocycles. The van der Waals surface area contributed by atoms with Crippen molar-refractivity contribution in [2.24, 2.45) is 0 Å². The van der Waals surface area contributed by atoms with Crippen molar-refractivity contribution in [1.29, 1.82) is 0 Å². The fourth-order valence-electron chi connectivity index (χ4n) is 1.85. The van der Waals surface area contributed by atoms with Crippen LogP contribution in [-0.2, 0) is 15.7 Å². The van der Waals surface area contributed by atoms with Gasteiger partial charge in [0.15, 0.2) is 6.61 Å². The molecule has 0 atom stereocenters. The molecule has 0 saturated heterocycles. The molecule has 0 saturated carbocycles. The number of esters is 1. The summed E-state index contributed by atoms with van der Waals surface area (Å²) < 4.78 is 68.7. The number of nitrogens with one attached hydrogen (secondary N) is 1. The number of hydrogen-bond donors (Lipinski definition) is 1. The van der Waals surface area contributed by atoms with Crippen molar-refractivity contribution in [2.75, 3.05) is 11.9 Å². The molecule has 0 radical (unpaired) electrons. The summed E-state index contributed by atoms with van der Waals surface area (Å²) in [7, 11) is 0. The van der Waals surface area contributed by atoms with Gasteiger partial charge in [0.2, 0.25) is 0 Å². The molecule has 2 rings (SSSR count). The normalized spacial score (nSPS) is 11.2. The Hall–Kier alpha value is -2.68. The predicted octanol–water partition coefficient (Wildman–Crippen LogP) is 4.43. The lowest BCUT2D eigenvalue weighted by molar-refractivity contribution is -0.137. The standard InChI is InChI=1S/C16H9ClF5NO3/c17-11-4-1-8(16(20,21)22)5-13(11)23-14(24)7-26-15(25)10-3-2-9(18)6-12(10)19/h1-6H,7H2,(H,23,24). The number of halogens is 6. The van der Waals surface area contributed by atoms with Crippen molar-refractivity contribution < 1.29 is 36.3 Å². The molecule has 0 spiro atoms. The van der Waals surface area contributed by atoms with Crippen molar-refractivity contribution in [3.8, 4) is 0 Å². The molecule has 1 amide bonds. The molecule has 0 unspecified atom stereocenters. The Balaban J connectivity index is 2.02. The average Bonchev–Trinajstić information content (AvgIpc) is 2.53. The summed E-state index contributed by atoms with van der Waals surface area (Å²) in [5, 5.41) is 1.89. The van der Waals surface area contributed by atoms with E-state index in [0.29, 0.717) is 12.1 Å². The zero-order valence-electron chi connectivity index (χ0n) is 12.7. The number of benzene rings is 2. The molecule has 0 aromatic heterocycles. The van der Waals surface area contributed by atoms with E-state index in [4.69, 9.17) is 11.6 Å². The van der Waals surface area contributed by atoms with Crippen LogP contribution in [0.5, 0.6) is 0 Å². The number of alkyl halides is 3. The number of rotatable bonds is 4. The summed E-state index contributed by atoms with van der Waals surface area (Å²) in [5.74, 6) is -4.33. The molecule has 2 aromatic rings. The minimum atomic E-state index is -4.64. The lowest BCUT2D eigenvalue weighted by Gasteiger charge is -2.12. The minimum absolute atomic E-state index is 0.165. The highest BCUT2D eigenvalue weighted by atomic mass is 35.5. The third-order valence-corrected chi connectivity index (χ3v) is 3.38. The van der Waals surface area contributed by atoms with Gasteiger partial charge in [-0.2, -0.15) is 13.2 Å². The molecule has 4 nitrogen and oxygen atoms in total. The van der Waals surface area contributed by atoms with Gasteiger partial charge in [0.05, 0.1) is 21.8 Å². The van der Waals surface area contributed by atoms with Crippen LogP contribution in [0.15, 0.2) is 36.4 Å². The summed E-state index contributed by atoms with van der Waals surface area (Å²) in [5.41, 5.74) is -1.98. The quantitative estimate of drug-likeness (QED) is 0.617. The van der Waals surface area contributed by atoms with Crippen molar-refractivity contribution in [1.82, 2.24) is 0 Å². The van der Waals surface area contributed by atoms with Crippen molar-refractivity contribution in [2.45, 2.75) is 6.18 Å². The van der Waals surface area contributed by atoms with E-state index >= 15 is 0 Å². The fraction of sp³-hybridized carbons (Fsp3) is 0.125. The van der Waals surface area contributed by atoms with Crippen LogP contribution >= 0.6 is 11.6 Å². The van der Waals surface area contributed by atoms with Gasteiger partial charge in [-0.15, -0.1) is 0 Å². The Morgan fingerprint density at radius 3 is 2.38 bits per heavy atom. The lowest BCUT2D eigenvalue weighted by atomic mass is 10.2. The summed E-state index contributed by atoms with van der Waals surface area (Å²) >= 11 is 5.71. The van der Waals surface area contributed by atoms with Crippen molar-refractivity contribution in [3.05, 3.63) is 64.2 Å². The van der Waals surface area contributed by atoms with Crippen LogP contribution in [0.2, 0.25) is 5.02 Å². The average molecular weight is 394 g/mol. The third kappa shape index (κ3) is 4.92. The van der Waals surface area contributed by atoms with E-state index in [1.54, 1.807) is 0 Å². The lowest BCUT2D eigenvalue weighted by Crippen LogP contribution is -2.22. The van der Waals surface area contributed by atoms with E-state index in [1.807, 2.05) is 0 Å². The van der Waals surface area contributed by atoms with Crippen LogP contribution in [0.4, 0.5) is 27.6 Å². The van der Waals surface area contributed by atoms with Gasteiger partial charge in [0.1, 0.15) is 11.6 Å². The summed E-state index contributed by atoms with van der Waals surface area (Å²) in [6.07, 6.45) is -4.64. The summed E-state index contributed by atoms with van der Waals surface area (Å²) in [6.45, 7) is -0.914. The second-order valence-electron chi connectivity index (χ2n) is 4.94. The van der Waals surface area contributed by atoms with Crippen LogP contribution in [0.25, 0.3) is 0 Å². The Labute approximate surface area is 148 Å². The second-order valence-corrected chi connectivity index (χ2v) is 5.35. The van der Waals surface area contributed by atoms with Gasteiger partial charge in [-0.1, -0.05) is 11.6 Å². The van der Waals surface area contributed by atoms with Crippen LogP contribution < -0.4 is 5.32 Å². The molecular weight excluding hydrogens is 385 g/mol. The van der Waals surface area contributed by atoms with Gasteiger partial charge >= 0.3 is 12.1 Å². The zero-order valence-corrected chi connectivity index (χ0v) is 13.4. The maximum absolute atomic E-state index is 13.4. The highest BCUT2D eigenvalue weighted by molar-refractivity contribution is 6.33. The van der Waals surface area contributed by atoms with E-state index in [2.05, 4.69) is 10.1 Å². The maximum atomic E-state index is 13.4. The van der Waals surface area contributed by atoms with Gasteiger partial charge < -0.3 is 10.1 Å². The number of anilines is 1. The number of ether oxygens (including phenoxy) is 1. The van der Waals surface area contributed by atoms with E-state index < -0.39 is 47.4 Å². The first-order chi connectivity index (χ1) is 12.1. The molecule has 2 aromatic carbocycles. The zero-order chi connectivity index (χ0) is 19.5. The van der Waals surface area contributed by atoms with Crippen LogP contribution in [-0.4, -0.2) is 18.5 Å². The molecule has 0 aliphatic carbocycles. The topological polar surface area (TPSA) is 55.4 Å². The number of amides is 1. The first-order valence-electron chi connectivity index (χ1n) is 6.86. The largest absolute Gasteiger partial charge is 0.452 e. The van der Waals surface area contributed by atoms with E-state index in [9.17, 15) is 31.5 Å². The highest BCUT2D eigenvalue weighted by Crippen LogP contribution is 2.33. The van der Waals surface area contributed by atoms with Crippen molar-refractivity contribution in [3.63, 3.8) is 0 Å². The van der Waals surface area contributed by atoms with Gasteiger partial charge in [-0.3, -0.25) is 4.79 Å². The van der Waals surface area contributed by atoms with Gasteiger partial charge in [-0.05, 0) is 30.3 Å². The van der Waals surface area contributed by atoms with Crippen LogP contribution in [0, 0.1) is 11.6 Å². The minimum Gasteiger partial charge on any atom is -0.452 e. The van der Waals surface area contributed by atoms with E-state index in [-0.39, 0.29) is 10.7 Å². The van der Waals surface area contributed by atoms with E-state index in [0.717, 1.165) is 24.3 Å². The number of carbonyl (C=O) groups is 2. The molecule has 138 valence electrons. The molecule has 0 heterocycles. The van der Waals surface area contributed by atoms with Gasteiger partial charge in [-0.25, -0.2) is 13.6 Å². The Kier molecular flexibility index (Phi) is 5.81. The molecule has 10 heteroatoms. The van der Waals surface area contributed by atoms with E-state index in [1.165, 1.54) is 0 Å². The number of carbonyl (C=O) groups excluding carboxylic acids is 2. The molecule has 0 bridgehead atoms.